The summed E-state index contributed by atoms with van der Waals surface area (Å²) in [6.45, 7) is 7.54. The standard InChI is InChI=1S/C29H38N8O3/c1-4-19-18-21(7-8-22(19)37-14-12-36(2)13-15-37)33-29-26(27(30)38)34-25(24-23(39-3)6-5-11-31-24)28(35-29)32-20-9-16-40-17-10-20/h5-8,11,18,20H,4,9-10,12-17H2,1-3H3,(H2,30,38)(H2,32,33,35). The fourth-order valence-corrected chi connectivity index (χ4v) is 5.17. The number of piperazine rings is 1. The van der Waals surface area contributed by atoms with Crippen molar-refractivity contribution >= 4 is 28.9 Å². The van der Waals surface area contributed by atoms with Crippen molar-refractivity contribution in [3.63, 3.8) is 0 Å². The molecule has 0 unspecified atom stereocenters. The van der Waals surface area contributed by atoms with Crippen molar-refractivity contribution in [2.24, 2.45) is 5.73 Å². The molecule has 3 aromatic rings. The fraction of sp³-hybridized carbons (Fsp3) is 0.448. The average Bonchev–Trinajstić information content (AvgIpc) is 2.98. The first kappa shape index (κ1) is 27.6. The third kappa shape index (κ3) is 6.10. The summed E-state index contributed by atoms with van der Waals surface area (Å²) in [4.78, 5) is 31.5. The van der Waals surface area contributed by atoms with Gasteiger partial charge in [-0.25, -0.2) is 9.97 Å². The van der Waals surface area contributed by atoms with Crippen molar-refractivity contribution in [1.29, 1.82) is 0 Å². The maximum atomic E-state index is 12.6. The van der Waals surface area contributed by atoms with E-state index in [1.54, 1.807) is 25.4 Å². The molecular weight excluding hydrogens is 508 g/mol. The smallest absolute Gasteiger partial charge is 0.271 e. The number of anilines is 4. The first-order valence-electron chi connectivity index (χ1n) is 13.9. The Morgan fingerprint density at radius 3 is 2.58 bits per heavy atom. The van der Waals surface area contributed by atoms with Gasteiger partial charge in [-0.3, -0.25) is 9.78 Å². The number of aryl methyl sites for hydroxylation is 1. The number of hydrogen-bond acceptors (Lipinski definition) is 10. The predicted molar refractivity (Wildman–Crippen MR) is 157 cm³/mol. The highest BCUT2D eigenvalue weighted by molar-refractivity contribution is 5.97. The molecule has 0 aliphatic carbocycles. The second-order valence-corrected chi connectivity index (χ2v) is 10.2. The van der Waals surface area contributed by atoms with E-state index in [4.69, 9.17) is 25.2 Å². The summed E-state index contributed by atoms with van der Waals surface area (Å²) >= 11 is 0. The van der Waals surface area contributed by atoms with Crippen LogP contribution < -0.4 is 26.0 Å². The molecule has 2 aliphatic rings. The van der Waals surface area contributed by atoms with Crippen LogP contribution in [0.2, 0.25) is 0 Å². The summed E-state index contributed by atoms with van der Waals surface area (Å²) in [6.07, 6.45) is 4.19. The minimum Gasteiger partial charge on any atom is -0.494 e. The van der Waals surface area contributed by atoms with Crippen LogP contribution in [0.3, 0.4) is 0 Å². The van der Waals surface area contributed by atoms with E-state index in [0.717, 1.165) is 51.1 Å². The lowest BCUT2D eigenvalue weighted by molar-refractivity contribution is 0.0904. The SMILES string of the molecule is CCc1cc(Nc2nc(NC3CCOCC3)c(-c3ncccc3OC)nc2C(N)=O)ccc1N1CCN(C)CC1. The summed E-state index contributed by atoms with van der Waals surface area (Å²) in [7, 11) is 3.73. The number of benzene rings is 1. The van der Waals surface area contributed by atoms with Gasteiger partial charge in [0.25, 0.3) is 5.91 Å². The van der Waals surface area contributed by atoms with E-state index in [9.17, 15) is 4.79 Å². The summed E-state index contributed by atoms with van der Waals surface area (Å²) in [5.41, 5.74) is 10.0. The van der Waals surface area contributed by atoms with E-state index in [1.165, 1.54) is 11.3 Å². The van der Waals surface area contributed by atoms with Crippen LogP contribution >= 0.6 is 0 Å². The molecule has 5 rings (SSSR count). The molecule has 212 valence electrons. The minimum absolute atomic E-state index is 0.0291. The highest BCUT2D eigenvalue weighted by atomic mass is 16.5. The number of nitrogens with zero attached hydrogens (tertiary/aromatic N) is 5. The summed E-state index contributed by atoms with van der Waals surface area (Å²) in [6, 6.07) is 9.98. The summed E-state index contributed by atoms with van der Waals surface area (Å²) < 4.78 is 11.1. The number of aromatic nitrogens is 3. The van der Waals surface area contributed by atoms with Gasteiger partial charge < -0.3 is 35.6 Å². The summed E-state index contributed by atoms with van der Waals surface area (Å²) in [5.74, 6) is 0.625. The Kier molecular flexibility index (Phi) is 8.61. The van der Waals surface area contributed by atoms with Crippen LogP contribution in [0.1, 0.15) is 35.8 Å². The van der Waals surface area contributed by atoms with Gasteiger partial charge in [0.05, 0.1) is 7.11 Å². The van der Waals surface area contributed by atoms with Crippen molar-refractivity contribution in [3.8, 4) is 17.1 Å². The van der Waals surface area contributed by atoms with E-state index in [-0.39, 0.29) is 17.6 Å². The van der Waals surface area contributed by atoms with Crippen LogP contribution in [-0.4, -0.2) is 85.4 Å². The molecule has 2 aromatic heterocycles. The zero-order chi connectivity index (χ0) is 28.1. The molecule has 0 radical (unpaired) electrons. The van der Waals surface area contributed by atoms with Gasteiger partial charge in [0.15, 0.2) is 17.3 Å². The van der Waals surface area contributed by atoms with E-state index < -0.39 is 5.91 Å². The highest BCUT2D eigenvalue weighted by Crippen LogP contribution is 2.35. The third-order valence-corrected chi connectivity index (χ3v) is 7.47. The normalized spacial score (nSPS) is 16.5. The van der Waals surface area contributed by atoms with E-state index >= 15 is 0 Å². The molecule has 2 aliphatic heterocycles. The lowest BCUT2D eigenvalue weighted by Gasteiger charge is -2.35. The van der Waals surface area contributed by atoms with Crippen molar-refractivity contribution in [2.75, 3.05) is 69.1 Å². The quantitative estimate of drug-likeness (QED) is 0.367. The van der Waals surface area contributed by atoms with E-state index in [1.807, 2.05) is 6.07 Å². The first-order chi connectivity index (χ1) is 19.5. The number of rotatable bonds is 9. The molecule has 1 aromatic carbocycles. The van der Waals surface area contributed by atoms with Gasteiger partial charge in [-0.1, -0.05) is 6.92 Å². The van der Waals surface area contributed by atoms with E-state index in [2.05, 4.69) is 51.5 Å². The fourth-order valence-electron chi connectivity index (χ4n) is 5.17. The van der Waals surface area contributed by atoms with Crippen LogP contribution in [0.25, 0.3) is 11.4 Å². The Hall–Kier alpha value is -3.96. The van der Waals surface area contributed by atoms with Crippen LogP contribution in [0.4, 0.5) is 23.0 Å². The first-order valence-corrected chi connectivity index (χ1v) is 13.9. The number of hydrogen-bond donors (Lipinski definition) is 3. The number of nitrogens with one attached hydrogen (secondary N) is 2. The highest BCUT2D eigenvalue weighted by Gasteiger charge is 2.25. The van der Waals surface area contributed by atoms with Crippen LogP contribution in [0.15, 0.2) is 36.5 Å². The number of methoxy groups -OCH3 is 1. The van der Waals surface area contributed by atoms with Gasteiger partial charge in [-0.15, -0.1) is 0 Å². The van der Waals surface area contributed by atoms with Crippen molar-refractivity contribution in [3.05, 3.63) is 47.8 Å². The van der Waals surface area contributed by atoms with Crippen LogP contribution in [-0.2, 0) is 11.2 Å². The number of amides is 1. The Bertz CT molecular complexity index is 1340. The maximum absolute atomic E-state index is 12.6. The van der Waals surface area contributed by atoms with Crippen molar-refractivity contribution in [1.82, 2.24) is 19.9 Å². The average molecular weight is 547 g/mol. The predicted octanol–water partition coefficient (Wildman–Crippen LogP) is 3.29. The third-order valence-electron chi connectivity index (χ3n) is 7.47. The Morgan fingerprint density at radius 1 is 1.10 bits per heavy atom. The molecule has 40 heavy (non-hydrogen) atoms. The number of primary amides is 1. The molecule has 0 saturated carbocycles. The number of ether oxygens (including phenoxy) is 2. The van der Waals surface area contributed by atoms with Gasteiger partial charge in [-0.05, 0) is 62.2 Å². The lowest BCUT2D eigenvalue weighted by Crippen LogP contribution is -2.44. The number of carbonyl (C=O) groups is 1. The van der Waals surface area contributed by atoms with E-state index in [0.29, 0.717) is 36.2 Å². The minimum atomic E-state index is -0.687. The molecule has 11 heteroatoms. The number of pyridine rings is 1. The van der Waals surface area contributed by atoms with Gasteiger partial charge in [0.1, 0.15) is 17.1 Å². The van der Waals surface area contributed by atoms with Crippen molar-refractivity contribution < 1.29 is 14.3 Å². The molecule has 0 spiro atoms. The molecule has 2 fully saturated rings. The van der Waals surface area contributed by atoms with Crippen molar-refractivity contribution in [2.45, 2.75) is 32.2 Å². The molecule has 4 heterocycles. The zero-order valence-corrected chi connectivity index (χ0v) is 23.4. The second-order valence-electron chi connectivity index (χ2n) is 10.2. The van der Waals surface area contributed by atoms with Gasteiger partial charge in [0.2, 0.25) is 0 Å². The summed E-state index contributed by atoms with van der Waals surface area (Å²) in [5, 5.41) is 6.85. The number of nitrogens with two attached hydrogens (primary N) is 1. The Balaban J connectivity index is 1.53. The molecular formula is C29H38N8O3. The number of likely N-dealkylation sites (N-methyl/N-ethyl adjacent to an activating group) is 1. The topological polar surface area (TPSA) is 131 Å². The lowest BCUT2D eigenvalue weighted by atomic mass is 10.1. The molecule has 0 bridgehead atoms. The second kappa shape index (κ2) is 12.5. The zero-order valence-electron chi connectivity index (χ0n) is 23.4. The molecule has 4 N–H and O–H groups in total. The van der Waals surface area contributed by atoms with Gasteiger partial charge >= 0.3 is 0 Å². The van der Waals surface area contributed by atoms with Crippen LogP contribution in [0, 0.1) is 0 Å². The molecule has 0 atom stereocenters. The van der Waals surface area contributed by atoms with Gasteiger partial charge in [-0.2, -0.15) is 0 Å². The molecule has 1 amide bonds. The monoisotopic (exact) mass is 546 g/mol. The molecule has 2 saturated heterocycles. The molecule has 11 nitrogen and oxygen atoms in total. The number of carbonyl (C=O) groups excluding carboxylic acids is 1. The Labute approximate surface area is 235 Å². The Morgan fingerprint density at radius 2 is 1.88 bits per heavy atom. The maximum Gasteiger partial charge on any atom is 0.271 e. The van der Waals surface area contributed by atoms with Crippen LogP contribution in [0.5, 0.6) is 5.75 Å². The largest absolute Gasteiger partial charge is 0.494 e. The van der Waals surface area contributed by atoms with Gasteiger partial charge in [0, 0.05) is 63.0 Å².